The number of halogens is 1. The Bertz CT molecular complexity index is 410. The van der Waals surface area contributed by atoms with Gasteiger partial charge in [0.2, 0.25) is 0 Å². The largest absolute Gasteiger partial charge is 0.508 e. The number of alkyl halides is 1. The van der Waals surface area contributed by atoms with Crippen LogP contribution in [0.2, 0.25) is 0 Å². The van der Waals surface area contributed by atoms with Gasteiger partial charge >= 0.3 is 0 Å². The fourth-order valence-electron chi connectivity index (χ4n) is 1.21. The average molecular weight is 183 g/mol. The van der Waals surface area contributed by atoms with Crippen molar-refractivity contribution in [2.75, 3.05) is 0 Å². The van der Waals surface area contributed by atoms with Gasteiger partial charge in [-0.1, -0.05) is 0 Å². The Morgan fingerprint density at radius 2 is 2.33 bits per heavy atom. The maximum atomic E-state index is 9.25. The fraction of sp³-hybridized carbons (Fsp3) is 0.125. The zero-order valence-corrected chi connectivity index (χ0v) is 6.97. The highest BCUT2D eigenvalue weighted by molar-refractivity contribution is 6.17. The molecule has 0 saturated heterocycles. The van der Waals surface area contributed by atoms with E-state index in [0.717, 1.165) is 16.6 Å². The van der Waals surface area contributed by atoms with Crippen molar-refractivity contribution in [3.63, 3.8) is 0 Å². The monoisotopic (exact) mass is 182 g/mol. The van der Waals surface area contributed by atoms with Crippen LogP contribution in [0.1, 0.15) is 5.56 Å². The number of nitrogens with one attached hydrogen (secondary N) is 1. The Labute approximate surface area is 74.0 Å². The SMILES string of the molecule is Oc1cc(CCl)c2nc[nH]c2c1. The first-order valence-corrected chi connectivity index (χ1v) is 4.05. The Hall–Kier alpha value is -1.22. The van der Waals surface area contributed by atoms with Crippen molar-refractivity contribution in [3.8, 4) is 5.75 Å². The second-order valence-corrected chi connectivity index (χ2v) is 2.80. The lowest BCUT2D eigenvalue weighted by Crippen LogP contribution is -1.80. The molecule has 0 radical (unpaired) electrons. The number of aromatic amines is 1. The van der Waals surface area contributed by atoms with Gasteiger partial charge in [0, 0.05) is 11.9 Å². The number of H-pyrrole nitrogens is 1. The first-order valence-electron chi connectivity index (χ1n) is 3.52. The molecule has 0 unspecified atom stereocenters. The molecule has 0 aliphatic rings. The number of rotatable bonds is 1. The zero-order chi connectivity index (χ0) is 8.55. The summed E-state index contributed by atoms with van der Waals surface area (Å²) in [5.74, 6) is 0.567. The highest BCUT2D eigenvalue weighted by Crippen LogP contribution is 2.22. The van der Waals surface area contributed by atoms with E-state index in [4.69, 9.17) is 11.6 Å². The molecule has 1 aromatic carbocycles. The van der Waals surface area contributed by atoms with Crippen molar-refractivity contribution in [1.82, 2.24) is 9.97 Å². The Morgan fingerprint density at radius 3 is 3.08 bits per heavy atom. The van der Waals surface area contributed by atoms with E-state index in [1.807, 2.05) is 0 Å². The summed E-state index contributed by atoms with van der Waals surface area (Å²) >= 11 is 5.67. The van der Waals surface area contributed by atoms with Crippen molar-refractivity contribution < 1.29 is 5.11 Å². The predicted octanol–water partition coefficient (Wildman–Crippen LogP) is 2.01. The van der Waals surface area contributed by atoms with E-state index in [1.54, 1.807) is 18.5 Å². The number of fused-ring (bicyclic) bond motifs is 1. The smallest absolute Gasteiger partial charge is 0.118 e. The van der Waals surface area contributed by atoms with Gasteiger partial charge in [0.1, 0.15) is 5.75 Å². The first kappa shape index (κ1) is 7.43. The van der Waals surface area contributed by atoms with Gasteiger partial charge in [-0.2, -0.15) is 0 Å². The predicted molar refractivity (Wildman–Crippen MR) is 47.3 cm³/mol. The second kappa shape index (κ2) is 2.68. The molecule has 0 aliphatic carbocycles. The van der Waals surface area contributed by atoms with Crippen LogP contribution in [0.15, 0.2) is 18.5 Å². The minimum atomic E-state index is 0.211. The van der Waals surface area contributed by atoms with Gasteiger partial charge in [0.15, 0.2) is 0 Å². The maximum absolute atomic E-state index is 9.25. The van der Waals surface area contributed by atoms with Crippen LogP contribution in [0.5, 0.6) is 5.75 Å². The van der Waals surface area contributed by atoms with Crippen LogP contribution in [0.3, 0.4) is 0 Å². The number of hydrogen-bond donors (Lipinski definition) is 2. The van der Waals surface area contributed by atoms with Crippen molar-refractivity contribution in [3.05, 3.63) is 24.0 Å². The molecule has 2 N–H and O–H groups in total. The molecule has 0 bridgehead atoms. The van der Waals surface area contributed by atoms with Crippen molar-refractivity contribution in [1.29, 1.82) is 0 Å². The third-order valence-electron chi connectivity index (χ3n) is 1.73. The number of benzene rings is 1. The van der Waals surface area contributed by atoms with Crippen LogP contribution in [-0.2, 0) is 5.88 Å². The van der Waals surface area contributed by atoms with Crippen molar-refractivity contribution in [2.45, 2.75) is 5.88 Å². The lowest BCUT2D eigenvalue weighted by atomic mass is 10.2. The molecule has 0 fully saturated rings. The Morgan fingerprint density at radius 1 is 1.50 bits per heavy atom. The molecule has 0 atom stereocenters. The molecule has 1 aromatic heterocycles. The highest BCUT2D eigenvalue weighted by Gasteiger charge is 2.04. The number of aromatic hydroxyl groups is 1. The molecule has 0 aliphatic heterocycles. The van der Waals surface area contributed by atoms with Gasteiger partial charge in [-0.3, -0.25) is 0 Å². The van der Waals surface area contributed by atoms with Crippen molar-refractivity contribution >= 4 is 22.6 Å². The van der Waals surface area contributed by atoms with E-state index in [9.17, 15) is 5.11 Å². The van der Waals surface area contributed by atoms with Crippen LogP contribution < -0.4 is 0 Å². The highest BCUT2D eigenvalue weighted by atomic mass is 35.5. The van der Waals surface area contributed by atoms with E-state index >= 15 is 0 Å². The molecule has 0 amide bonds. The molecule has 62 valence electrons. The summed E-state index contributed by atoms with van der Waals surface area (Å²) in [7, 11) is 0. The van der Waals surface area contributed by atoms with Crippen LogP contribution in [0, 0.1) is 0 Å². The standard InChI is InChI=1S/C8H7ClN2O/c9-3-5-1-6(12)2-7-8(5)11-4-10-7/h1-2,4,12H,3H2,(H,10,11). The quantitative estimate of drug-likeness (QED) is 0.663. The number of aromatic nitrogens is 2. The molecule has 12 heavy (non-hydrogen) atoms. The lowest BCUT2D eigenvalue weighted by molar-refractivity contribution is 0.475. The van der Waals surface area contributed by atoms with E-state index in [2.05, 4.69) is 9.97 Å². The van der Waals surface area contributed by atoms with E-state index < -0.39 is 0 Å². The van der Waals surface area contributed by atoms with Crippen LogP contribution in [0.25, 0.3) is 11.0 Å². The van der Waals surface area contributed by atoms with E-state index in [1.165, 1.54) is 0 Å². The Kier molecular flexibility index (Phi) is 1.66. The van der Waals surface area contributed by atoms with Crippen LogP contribution in [0.4, 0.5) is 0 Å². The fourth-order valence-corrected chi connectivity index (χ4v) is 1.41. The Balaban J connectivity index is 2.80. The molecule has 0 saturated carbocycles. The maximum Gasteiger partial charge on any atom is 0.118 e. The van der Waals surface area contributed by atoms with E-state index in [0.29, 0.717) is 5.88 Å². The minimum Gasteiger partial charge on any atom is -0.508 e. The number of phenolic OH excluding ortho intramolecular Hbond substituents is 1. The number of phenols is 1. The summed E-state index contributed by atoms with van der Waals surface area (Å²) in [6.45, 7) is 0. The molecule has 1 heterocycles. The first-order chi connectivity index (χ1) is 5.81. The number of imidazole rings is 1. The van der Waals surface area contributed by atoms with Crippen LogP contribution in [-0.4, -0.2) is 15.1 Å². The third-order valence-corrected chi connectivity index (χ3v) is 2.02. The second-order valence-electron chi connectivity index (χ2n) is 2.54. The molecule has 3 nitrogen and oxygen atoms in total. The van der Waals surface area contributed by atoms with Gasteiger partial charge in [-0.05, 0) is 11.6 Å². The molecular formula is C8H7ClN2O. The normalized spacial score (nSPS) is 10.8. The molecule has 4 heteroatoms. The topological polar surface area (TPSA) is 48.9 Å². The number of nitrogens with zero attached hydrogens (tertiary/aromatic N) is 1. The summed E-state index contributed by atoms with van der Waals surface area (Å²) in [6.07, 6.45) is 1.58. The number of hydrogen-bond acceptors (Lipinski definition) is 2. The van der Waals surface area contributed by atoms with Gasteiger partial charge in [-0.25, -0.2) is 4.98 Å². The van der Waals surface area contributed by atoms with Gasteiger partial charge < -0.3 is 10.1 Å². The summed E-state index contributed by atoms with van der Waals surface area (Å²) < 4.78 is 0. The third kappa shape index (κ3) is 1.02. The van der Waals surface area contributed by atoms with Gasteiger partial charge in [0.25, 0.3) is 0 Å². The van der Waals surface area contributed by atoms with Gasteiger partial charge in [-0.15, -0.1) is 11.6 Å². The molecule has 2 aromatic rings. The molecular weight excluding hydrogens is 176 g/mol. The summed E-state index contributed by atoms with van der Waals surface area (Å²) in [4.78, 5) is 6.98. The molecule has 0 spiro atoms. The summed E-state index contributed by atoms with van der Waals surface area (Å²) in [6, 6.07) is 3.24. The summed E-state index contributed by atoms with van der Waals surface area (Å²) in [5.41, 5.74) is 2.47. The van der Waals surface area contributed by atoms with Crippen molar-refractivity contribution in [2.24, 2.45) is 0 Å². The van der Waals surface area contributed by atoms with Gasteiger partial charge in [0.05, 0.1) is 17.4 Å². The van der Waals surface area contributed by atoms with E-state index in [-0.39, 0.29) is 5.75 Å². The zero-order valence-electron chi connectivity index (χ0n) is 6.21. The lowest BCUT2D eigenvalue weighted by Gasteiger charge is -1.97. The molecule has 2 rings (SSSR count). The summed E-state index contributed by atoms with van der Waals surface area (Å²) in [5, 5.41) is 9.25. The minimum absolute atomic E-state index is 0.211. The van der Waals surface area contributed by atoms with Crippen LogP contribution >= 0.6 is 11.6 Å². The average Bonchev–Trinajstić information content (AvgIpc) is 2.50.